The van der Waals surface area contributed by atoms with Gasteiger partial charge in [-0.1, -0.05) is 13.0 Å². The van der Waals surface area contributed by atoms with E-state index in [1.54, 1.807) is 7.11 Å². The Morgan fingerprint density at radius 1 is 1.30 bits per heavy atom. The van der Waals surface area contributed by atoms with Gasteiger partial charge in [-0.15, -0.1) is 0 Å². The van der Waals surface area contributed by atoms with Crippen molar-refractivity contribution in [2.45, 2.75) is 51.7 Å². The predicted octanol–water partition coefficient (Wildman–Crippen LogP) is 2.79. The molecular weight excluding hydrogens is 292 g/mol. The largest absolute Gasteiger partial charge is 0.493 e. The minimum absolute atomic E-state index is 0.0368. The third-order valence-electron chi connectivity index (χ3n) is 4.44. The van der Waals surface area contributed by atoms with Crippen LogP contribution in [-0.4, -0.2) is 25.7 Å². The molecule has 0 heterocycles. The van der Waals surface area contributed by atoms with Crippen LogP contribution in [0.15, 0.2) is 18.2 Å². The van der Waals surface area contributed by atoms with Crippen LogP contribution in [-0.2, 0) is 4.79 Å². The number of hydrogen-bond acceptors (Lipinski definition) is 4. The van der Waals surface area contributed by atoms with Gasteiger partial charge in [-0.3, -0.25) is 4.79 Å². The van der Waals surface area contributed by atoms with Gasteiger partial charge >= 0.3 is 0 Å². The average Bonchev–Trinajstić information content (AvgIpc) is 3.07. The molecule has 0 aliphatic heterocycles. The zero-order valence-corrected chi connectivity index (χ0v) is 14.3. The van der Waals surface area contributed by atoms with Gasteiger partial charge in [-0.05, 0) is 50.3 Å². The molecule has 2 atom stereocenters. The molecule has 0 bridgehead atoms. The van der Waals surface area contributed by atoms with E-state index < -0.39 is 0 Å². The smallest absolute Gasteiger partial charge is 0.224 e. The first-order valence-electron chi connectivity index (χ1n) is 8.40. The molecule has 1 aromatic carbocycles. The molecule has 0 spiro atoms. The first-order chi connectivity index (χ1) is 11.0. The van der Waals surface area contributed by atoms with Gasteiger partial charge in [-0.2, -0.15) is 0 Å². The van der Waals surface area contributed by atoms with Crippen LogP contribution in [0.25, 0.3) is 0 Å². The number of nitrogens with two attached hydrogens (primary N) is 1. The number of amides is 1. The molecule has 1 aliphatic rings. The topological polar surface area (TPSA) is 73.6 Å². The van der Waals surface area contributed by atoms with Gasteiger partial charge < -0.3 is 20.5 Å². The molecule has 2 unspecified atom stereocenters. The van der Waals surface area contributed by atoms with E-state index in [4.69, 9.17) is 15.2 Å². The van der Waals surface area contributed by atoms with E-state index in [0.29, 0.717) is 12.3 Å². The van der Waals surface area contributed by atoms with Crippen LogP contribution < -0.4 is 20.5 Å². The highest BCUT2D eigenvalue weighted by Gasteiger charge is 2.20. The highest BCUT2D eigenvalue weighted by atomic mass is 16.5. The zero-order valence-electron chi connectivity index (χ0n) is 14.3. The quantitative estimate of drug-likeness (QED) is 0.810. The van der Waals surface area contributed by atoms with E-state index in [-0.39, 0.29) is 24.0 Å². The molecule has 1 aliphatic carbocycles. The lowest BCUT2D eigenvalue weighted by Crippen LogP contribution is -2.34. The van der Waals surface area contributed by atoms with E-state index >= 15 is 0 Å². The molecule has 2 rings (SSSR count). The van der Waals surface area contributed by atoms with Crippen LogP contribution >= 0.6 is 0 Å². The summed E-state index contributed by atoms with van der Waals surface area (Å²) in [6.07, 6.45) is 4.96. The normalized spacial score (nSPS) is 17.6. The fourth-order valence-corrected chi connectivity index (χ4v) is 2.78. The Labute approximate surface area is 138 Å². The van der Waals surface area contributed by atoms with Crippen molar-refractivity contribution < 1.29 is 14.3 Å². The Kier molecular flexibility index (Phi) is 6.28. The van der Waals surface area contributed by atoms with E-state index in [0.717, 1.165) is 24.2 Å². The first kappa shape index (κ1) is 17.6. The molecular formula is C18H28N2O3. The fourth-order valence-electron chi connectivity index (χ4n) is 2.78. The van der Waals surface area contributed by atoms with Gasteiger partial charge in [0, 0.05) is 12.5 Å². The zero-order chi connectivity index (χ0) is 16.8. The van der Waals surface area contributed by atoms with Crippen molar-refractivity contribution in [1.82, 2.24) is 5.32 Å². The van der Waals surface area contributed by atoms with Crippen LogP contribution in [0.5, 0.6) is 11.5 Å². The summed E-state index contributed by atoms with van der Waals surface area (Å²) in [5.41, 5.74) is 6.52. The van der Waals surface area contributed by atoms with Crippen molar-refractivity contribution in [1.29, 1.82) is 0 Å². The minimum Gasteiger partial charge on any atom is -0.493 e. The van der Waals surface area contributed by atoms with Gasteiger partial charge in [0.2, 0.25) is 5.91 Å². The summed E-state index contributed by atoms with van der Waals surface area (Å²) in [5.74, 6) is 1.26. The SMILES string of the molecule is COc1cc(C(C)NC(=O)C(C)CN)ccc1OC1CCCC1. The summed E-state index contributed by atoms with van der Waals surface area (Å²) in [6.45, 7) is 4.12. The maximum absolute atomic E-state index is 12.0. The molecule has 0 aromatic heterocycles. The molecule has 3 N–H and O–H groups in total. The van der Waals surface area contributed by atoms with E-state index in [2.05, 4.69) is 5.32 Å². The van der Waals surface area contributed by atoms with Crippen molar-refractivity contribution in [2.24, 2.45) is 11.7 Å². The van der Waals surface area contributed by atoms with E-state index in [1.807, 2.05) is 32.0 Å². The van der Waals surface area contributed by atoms with Gasteiger partial charge in [0.1, 0.15) is 0 Å². The van der Waals surface area contributed by atoms with Crippen molar-refractivity contribution in [3.63, 3.8) is 0 Å². The lowest BCUT2D eigenvalue weighted by Gasteiger charge is -2.20. The highest BCUT2D eigenvalue weighted by Crippen LogP contribution is 2.33. The number of methoxy groups -OCH3 is 1. The molecule has 1 saturated carbocycles. The number of nitrogens with one attached hydrogen (secondary N) is 1. The third-order valence-corrected chi connectivity index (χ3v) is 4.44. The maximum atomic E-state index is 12.0. The summed E-state index contributed by atoms with van der Waals surface area (Å²) in [7, 11) is 1.64. The molecule has 1 amide bonds. The molecule has 5 heteroatoms. The first-order valence-corrected chi connectivity index (χ1v) is 8.40. The summed E-state index contributed by atoms with van der Waals surface area (Å²) in [4.78, 5) is 12.0. The molecule has 1 aromatic rings. The molecule has 0 saturated heterocycles. The fraction of sp³-hybridized carbons (Fsp3) is 0.611. The van der Waals surface area contributed by atoms with Crippen LogP contribution in [0.2, 0.25) is 0 Å². The highest BCUT2D eigenvalue weighted by molar-refractivity contribution is 5.78. The van der Waals surface area contributed by atoms with Crippen LogP contribution in [0.3, 0.4) is 0 Å². The minimum atomic E-state index is -0.190. The summed E-state index contributed by atoms with van der Waals surface area (Å²) in [5, 5.41) is 2.98. The van der Waals surface area contributed by atoms with Gasteiger partial charge in [0.05, 0.1) is 19.3 Å². The molecule has 128 valence electrons. The molecule has 23 heavy (non-hydrogen) atoms. The van der Waals surface area contributed by atoms with E-state index in [9.17, 15) is 4.79 Å². The van der Waals surface area contributed by atoms with Crippen LogP contribution in [0.1, 0.15) is 51.1 Å². The number of benzene rings is 1. The van der Waals surface area contributed by atoms with Crippen molar-refractivity contribution in [3.05, 3.63) is 23.8 Å². The lowest BCUT2D eigenvalue weighted by molar-refractivity contribution is -0.124. The number of rotatable bonds is 7. The molecule has 5 nitrogen and oxygen atoms in total. The Morgan fingerprint density at radius 2 is 2.00 bits per heavy atom. The van der Waals surface area contributed by atoms with Gasteiger partial charge in [-0.25, -0.2) is 0 Å². The predicted molar refractivity (Wildman–Crippen MR) is 90.7 cm³/mol. The Balaban J connectivity index is 2.06. The third kappa shape index (κ3) is 4.61. The standard InChI is InChI=1S/C18H28N2O3/c1-12(11-19)18(21)20-13(2)14-8-9-16(17(10-14)22-3)23-15-6-4-5-7-15/h8-10,12-13,15H,4-7,11,19H2,1-3H3,(H,20,21). The maximum Gasteiger partial charge on any atom is 0.224 e. The summed E-state index contributed by atoms with van der Waals surface area (Å²) < 4.78 is 11.5. The Bertz CT molecular complexity index is 527. The van der Waals surface area contributed by atoms with Crippen molar-refractivity contribution >= 4 is 5.91 Å². The Morgan fingerprint density at radius 3 is 2.61 bits per heavy atom. The second-order valence-electron chi connectivity index (χ2n) is 6.30. The van der Waals surface area contributed by atoms with Crippen molar-refractivity contribution in [2.75, 3.05) is 13.7 Å². The second-order valence-corrected chi connectivity index (χ2v) is 6.30. The summed E-state index contributed by atoms with van der Waals surface area (Å²) in [6, 6.07) is 5.74. The number of ether oxygens (including phenoxy) is 2. The van der Waals surface area contributed by atoms with E-state index in [1.165, 1.54) is 12.8 Å². The second kappa shape index (κ2) is 8.20. The number of carbonyl (C=O) groups is 1. The lowest BCUT2D eigenvalue weighted by atomic mass is 10.1. The number of carbonyl (C=O) groups excluding carboxylic acids is 1. The number of hydrogen-bond donors (Lipinski definition) is 2. The van der Waals surface area contributed by atoms with Crippen LogP contribution in [0.4, 0.5) is 0 Å². The molecule has 1 fully saturated rings. The monoisotopic (exact) mass is 320 g/mol. The van der Waals surface area contributed by atoms with Gasteiger partial charge in [0.25, 0.3) is 0 Å². The van der Waals surface area contributed by atoms with Crippen molar-refractivity contribution in [3.8, 4) is 11.5 Å². The summed E-state index contributed by atoms with van der Waals surface area (Å²) >= 11 is 0. The average molecular weight is 320 g/mol. The van der Waals surface area contributed by atoms with Crippen LogP contribution in [0, 0.1) is 5.92 Å². The van der Waals surface area contributed by atoms with Gasteiger partial charge in [0.15, 0.2) is 11.5 Å². The Hall–Kier alpha value is -1.75. The molecule has 0 radical (unpaired) electrons.